The van der Waals surface area contributed by atoms with Crippen molar-refractivity contribution in [2.24, 2.45) is 0 Å². The third-order valence-electron chi connectivity index (χ3n) is 10.6. The van der Waals surface area contributed by atoms with E-state index in [1.54, 1.807) is 0 Å². The topological polar surface area (TPSA) is 116 Å². The van der Waals surface area contributed by atoms with E-state index >= 15 is 0 Å². The molecule has 2 atom stereocenters. The minimum Gasteiger partial charge on any atom is -0.391 e. The van der Waals surface area contributed by atoms with Gasteiger partial charge < -0.3 is 20.2 Å². The van der Waals surface area contributed by atoms with Crippen LogP contribution in [0.1, 0.15) is 251 Å². The number of nitrogens with one attached hydrogen (secondary N) is 1. The number of phosphoric ester groups is 1. The third kappa shape index (κ3) is 40.6. The minimum atomic E-state index is -4.68. The number of unbranched alkanes of at least 4 members (excludes halogenated alkanes) is 33. The predicted octanol–water partition coefficient (Wildman–Crippen LogP) is 13.4. The van der Waals surface area contributed by atoms with Gasteiger partial charge in [0, 0.05) is 6.42 Å². The molecule has 0 fully saturated rings. The van der Waals surface area contributed by atoms with Crippen LogP contribution >= 0.6 is 7.82 Å². The largest absolute Gasteiger partial charge is 0.469 e. The molecule has 0 spiro atoms. The van der Waals surface area contributed by atoms with Gasteiger partial charge in [-0.05, 0) is 12.8 Å². The average molecular weight is 746 g/mol. The molecule has 0 heterocycles. The molecular formula is C43H88NO6P. The Morgan fingerprint density at radius 2 is 0.765 bits per heavy atom. The third-order valence-corrected chi connectivity index (χ3v) is 11.1. The first-order valence-electron chi connectivity index (χ1n) is 22.5. The number of amides is 1. The van der Waals surface area contributed by atoms with Crippen LogP contribution in [0.4, 0.5) is 0 Å². The smallest absolute Gasteiger partial charge is 0.391 e. The molecule has 0 aliphatic carbocycles. The molecule has 1 amide bonds. The summed E-state index contributed by atoms with van der Waals surface area (Å²) >= 11 is 0. The number of phosphoric acid groups is 1. The Hall–Kier alpha value is -0.460. The molecule has 0 radical (unpaired) electrons. The van der Waals surface area contributed by atoms with Crippen molar-refractivity contribution >= 4 is 13.7 Å². The highest BCUT2D eigenvalue weighted by atomic mass is 31.2. The highest BCUT2D eigenvalue weighted by molar-refractivity contribution is 7.46. The van der Waals surface area contributed by atoms with Gasteiger partial charge in [0.1, 0.15) is 0 Å². The van der Waals surface area contributed by atoms with Crippen molar-refractivity contribution in [2.75, 3.05) is 6.61 Å². The number of hydrogen-bond donors (Lipinski definition) is 4. The fourth-order valence-corrected chi connectivity index (χ4v) is 7.53. The quantitative estimate of drug-likeness (QED) is 0.0365. The molecule has 0 saturated heterocycles. The summed E-state index contributed by atoms with van der Waals surface area (Å²) in [5, 5.41) is 13.5. The van der Waals surface area contributed by atoms with E-state index in [0.29, 0.717) is 12.8 Å². The number of hydrogen-bond acceptors (Lipinski definition) is 4. The fraction of sp³-hybridized carbons (Fsp3) is 0.977. The highest BCUT2D eigenvalue weighted by Crippen LogP contribution is 2.36. The van der Waals surface area contributed by atoms with E-state index in [1.165, 1.54) is 186 Å². The molecule has 0 unspecified atom stereocenters. The van der Waals surface area contributed by atoms with Gasteiger partial charge in [0.15, 0.2) is 0 Å². The summed E-state index contributed by atoms with van der Waals surface area (Å²) in [5.74, 6) is -0.189. The Balaban J connectivity index is 3.73. The molecule has 0 saturated carbocycles. The molecule has 51 heavy (non-hydrogen) atoms. The van der Waals surface area contributed by atoms with Crippen molar-refractivity contribution in [3.63, 3.8) is 0 Å². The van der Waals surface area contributed by atoms with E-state index in [4.69, 9.17) is 9.79 Å². The van der Waals surface area contributed by atoms with E-state index in [9.17, 15) is 14.5 Å². The summed E-state index contributed by atoms with van der Waals surface area (Å²) in [6, 6.07) is -0.817. The lowest BCUT2D eigenvalue weighted by Gasteiger charge is -2.24. The first-order valence-corrected chi connectivity index (χ1v) is 24.0. The molecule has 4 N–H and O–H groups in total. The zero-order valence-electron chi connectivity index (χ0n) is 34.0. The maximum absolute atomic E-state index is 12.6. The van der Waals surface area contributed by atoms with Gasteiger partial charge in [0.05, 0.1) is 18.8 Å². The van der Waals surface area contributed by atoms with Gasteiger partial charge in [-0.15, -0.1) is 0 Å². The zero-order valence-corrected chi connectivity index (χ0v) is 34.9. The van der Waals surface area contributed by atoms with Crippen molar-refractivity contribution in [2.45, 2.75) is 264 Å². The standard InChI is InChI=1S/C43H88NO6P/c1-3-5-7-9-11-13-15-16-17-18-19-20-21-22-23-24-25-26-27-29-31-33-35-37-39-43(46)44-41(40-50-51(47,48)49)42(45)38-36-34-32-30-28-14-12-10-8-6-4-2/h41-42,45H,3-40H2,1-2H3,(H,44,46)(H2,47,48,49)/t41-,42+/m0/s1. The number of rotatable bonds is 42. The molecule has 0 aliphatic heterocycles. The molecule has 7 nitrogen and oxygen atoms in total. The lowest BCUT2D eigenvalue weighted by molar-refractivity contribution is -0.123. The SMILES string of the molecule is CCCCCCCCCCCCCCCCCCCCCCCCCCC(=O)N[C@@H](COP(=O)(O)O)[C@H](O)CCCCCCCCCCCCC. The monoisotopic (exact) mass is 746 g/mol. The molecule has 0 rings (SSSR count). The van der Waals surface area contributed by atoms with Crippen molar-refractivity contribution in [1.82, 2.24) is 5.32 Å². The maximum Gasteiger partial charge on any atom is 0.469 e. The van der Waals surface area contributed by atoms with Gasteiger partial charge in [-0.3, -0.25) is 9.32 Å². The summed E-state index contributed by atoms with van der Waals surface area (Å²) in [6.07, 6.45) is 45.3. The Bertz CT molecular complexity index is 763. The van der Waals surface area contributed by atoms with E-state index in [1.807, 2.05) is 0 Å². The van der Waals surface area contributed by atoms with Crippen molar-refractivity contribution in [3.05, 3.63) is 0 Å². The minimum absolute atomic E-state index is 0.189. The second kappa shape index (κ2) is 39.2. The van der Waals surface area contributed by atoms with Gasteiger partial charge in [-0.25, -0.2) is 4.57 Å². The first-order chi connectivity index (χ1) is 24.8. The van der Waals surface area contributed by atoms with Crippen LogP contribution in [0, 0.1) is 0 Å². The molecule has 8 heteroatoms. The highest BCUT2D eigenvalue weighted by Gasteiger charge is 2.25. The second-order valence-electron chi connectivity index (χ2n) is 15.7. The Kier molecular flexibility index (Phi) is 38.9. The van der Waals surface area contributed by atoms with E-state index in [2.05, 4.69) is 23.7 Å². The van der Waals surface area contributed by atoms with Crippen LogP contribution in [-0.2, 0) is 13.9 Å². The molecule has 0 aromatic heterocycles. The summed E-state index contributed by atoms with van der Waals surface area (Å²) in [4.78, 5) is 30.9. The van der Waals surface area contributed by atoms with E-state index < -0.39 is 26.6 Å². The van der Waals surface area contributed by atoms with Gasteiger partial charge in [-0.1, -0.05) is 232 Å². The summed E-state index contributed by atoms with van der Waals surface area (Å²) < 4.78 is 15.9. The second-order valence-corrected chi connectivity index (χ2v) is 17.0. The maximum atomic E-state index is 12.6. The predicted molar refractivity (Wildman–Crippen MR) is 218 cm³/mol. The van der Waals surface area contributed by atoms with E-state index in [0.717, 1.165) is 38.5 Å². The van der Waals surface area contributed by atoms with E-state index in [-0.39, 0.29) is 5.91 Å². The van der Waals surface area contributed by atoms with Gasteiger partial charge in [0.2, 0.25) is 5.91 Å². The van der Waals surface area contributed by atoms with Crippen LogP contribution in [-0.4, -0.2) is 39.6 Å². The van der Waals surface area contributed by atoms with Crippen LogP contribution in [0.15, 0.2) is 0 Å². The molecule has 0 aromatic carbocycles. The lowest BCUT2D eigenvalue weighted by atomic mass is 10.0. The van der Waals surface area contributed by atoms with Gasteiger partial charge in [-0.2, -0.15) is 0 Å². The van der Waals surface area contributed by atoms with Crippen molar-refractivity contribution < 1.29 is 28.8 Å². The molecule has 0 aromatic rings. The van der Waals surface area contributed by atoms with Crippen molar-refractivity contribution in [3.8, 4) is 0 Å². The summed E-state index contributed by atoms with van der Waals surface area (Å²) in [5.41, 5.74) is 0. The normalized spacial score (nSPS) is 13.1. The fourth-order valence-electron chi connectivity index (χ4n) is 7.17. The number of carbonyl (C=O) groups excluding carboxylic acids is 1. The summed E-state index contributed by atoms with van der Waals surface area (Å²) in [7, 11) is -4.68. The number of carbonyl (C=O) groups is 1. The van der Waals surface area contributed by atoms with Crippen LogP contribution in [0.3, 0.4) is 0 Å². The first kappa shape index (κ1) is 50.5. The van der Waals surface area contributed by atoms with Gasteiger partial charge >= 0.3 is 7.82 Å². The van der Waals surface area contributed by atoms with Crippen LogP contribution < -0.4 is 5.32 Å². The van der Waals surface area contributed by atoms with Crippen LogP contribution in [0.2, 0.25) is 0 Å². The Labute approximate surface area is 317 Å². The Morgan fingerprint density at radius 3 is 1.06 bits per heavy atom. The number of aliphatic hydroxyl groups excluding tert-OH is 1. The molecule has 306 valence electrons. The van der Waals surface area contributed by atoms with Crippen LogP contribution in [0.25, 0.3) is 0 Å². The average Bonchev–Trinajstić information content (AvgIpc) is 3.10. The van der Waals surface area contributed by atoms with Crippen LogP contribution in [0.5, 0.6) is 0 Å². The zero-order chi connectivity index (χ0) is 37.5. The molecule has 0 aliphatic rings. The van der Waals surface area contributed by atoms with Crippen molar-refractivity contribution in [1.29, 1.82) is 0 Å². The lowest BCUT2D eigenvalue weighted by Crippen LogP contribution is -2.46. The van der Waals surface area contributed by atoms with Gasteiger partial charge in [0.25, 0.3) is 0 Å². The Morgan fingerprint density at radius 1 is 0.490 bits per heavy atom. The molecular weight excluding hydrogens is 657 g/mol. The molecule has 0 bridgehead atoms. The number of aliphatic hydroxyl groups is 1. The summed E-state index contributed by atoms with van der Waals surface area (Å²) in [6.45, 7) is 4.13.